The van der Waals surface area contributed by atoms with E-state index in [9.17, 15) is 10.2 Å². The summed E-state index contributed by atoms with van der Waals surface area (Å²) >= 11 is 0. The van der Waals surface area contributed by atoms with Gasteiger partial charge in [-0.05, 0) is 25.0 Å². The van der Waals surface area contributed by atoms with Gasteiger partial charge in [-0.1, -0.05) is 60.7 Å². The van der Waals surface area contributed by atoms with Crippen LogP contribution in [-0.4, -0.2) is 53.6 Å². The summed E-state index contributed by atoms with van der Waals surface area (Å²) in [5, 5.41) is 19.9. The van der Waals surface area contributed by atoms with Crippen molar-refractivity contribution in [1.82, 2.24) is 0 Å². The summed E-state index contributed by atoms with van der Waals surface area (Å²) < 4.78 is 24.0. The van der Waals surface area contributed by atoms with Crippen molar-refractivity contribution in [1.29, 1.82) is 0 Å². The van der Waals surface area contributed by atoms with Crippen molar-refractivity contribution in [2.75, 3.05) is 13.2 Å². The highest BCUT2D eigenvalue weighted by Gasteiger charge is 2.49. The average Bonchev–Trinajstić information content (AvgIpc) is 3.06. The molecule has 1 aliphatic heterocycles. The van der Waals surface area contributed by atoms with Crippen LogP contribution in [0.15, 0.2) is 60.7 Å². The third-order valence-electron chi connectivity index (χ3n) is 4.87. The lowest BCUT2D eigenvalue weighted by Crippen LogP contribution is -2.47. The van der Waals surface area contributed by atoms with Gasteiger partial charge in [0.25, 0.3) is 0 Å². The van der Waals surface area contributed by atoms with Gasteiger partial charge in [0.15, 0.2) is 5.79 Å². The van der Waals surface area contributed by atoms with Crippen LogP contribution in [0.4, 0.5) is 0 Å². The first-order valence-corrected chi connectivity index (χ1v) is 9.91. The zero-order valence-corrected chi connectivity index (χ0v) is 16.9. The van der Waals surface area contributed by atoms with Crippen molar-refractivity contribution in [3.05, 3.63) is 71.8 Å². The van der Waals surface area contributed by atoms with E-state index in [4.69, 9.17) is 18.9 Å². The zero-order valence-electron chi connectivity index (χ0n) is 16.9. The van der Waals surface area contributed by atoms with Crippen LogP contribution in [0.3, 0.4) is 0 Å². The van der Waals surface area contributed by atoms with Crippen LogP contribution in [0.25, 0.3) is 0 Å². The minimum Gasteiger partial charge on any atom is -0.394 e. The molecule has 0 aliphatic carbocycles. The van der Waals surface area contributed by atoms with E-state index in [2.05, 4.69) is 0 Å². The van der Waals surface area contributed by atoms with Gasteiger partial charge in [-0.2, -0.15) is 0 Å². The Kier molecular flexibility index (Phi) is 7.77. The predicted octanol–water partition coefficient (Wildman–Crippen LogP) is 2.66. The molecule has 3 rings (SSSR count). The molecule has 0 radical (unpaired) electrons. The Morgan fingerprint density at radius 3 is 1.48 bits per heavy atom. The van der Waals surface area contributed by atoms with Crippen LogP contribution in [0.5, 0.6) is 0 Å². The van der Waals surface area contributed by atoms with Crippen LogP contribution in [0, 0.1) is 0 Å². The minimum atomic E-state index is -0.873. The minimum absolute atomic E-state index is 0.232. The smallest absolute Gasteiger partial charge is 0.164 e. The molecule has 1 aliphatic rings. The van der Waals surface area contributed by atoms with Gasteiger partial charge in [-0.3, -0.25) is 0 Å². The Labute approximate surface area is 172 Å². The quantitative estimate of drug-likeness (QED) is 0.636. The molecule has 2 aromatic carbocycles. The molecule has 0 bridgehead atoms. The van der Waals surface area contributed by atoms with E-state index >= 15 is 0 Å². The Morgan fingerprint density at radius 1 is 0.759 bits per heavy atom. The highest BCUT2D eigenvalue weighted by Crippen LogP contribution is 2.34. The number of rotatable bonds is 10. The maximum Gasteiger partial charge on any atom is 0.164 e. The van der Waals surface area contributed by atoms with Gasteiger partial charge >= 0.3 is 0 Å². The summed E-state index contributed by atoms with van der Waals surface area (Å²) in [6.45, 7) is 3.82. The summed E-state index contributed by atoms with van der Waals surface area (Å²) in [6, 6.07) is 19.5. The van der Waals surface area contributed by atoms with Gasteiger partial charge in [0.05, 0.1) is 26.4 Å². The lowest BCUT2D eigenvalue weighted by Gasteiger charge is -2.29. The molecule has 6 nitrogen and oxygen atoms in total. The Bertz CT molecular complexity index is 659. The van der Waals surface area contributed by atoms with Crippen molar-refractivity contribution in [2.24, 2.45) is 0 Å². The molecule has 2 aromatic rings. The van der Waals surface area contributed by atoms with Crippen LogP contribution in [0.1, 0.15) is 25.0 Å². The maximum atomic E-state index is 9.95. The highest BCUT2D eigenvalue weighted by atomic mass is 16.8. The van der Waals surface area contributed by atoms with Crippen molar-refractivity contribution in [3.8, 4) is 0 Å². The maximum absolute atomic E-state index is 9.95. The van der Waals surface area contributed by atoms with E-state index in [1.807, 2.05) is 60.7 Å². The van der Waals surface area contributed by atoms with E-state index in [1.165, 1.54) is 0 Å². The first kappa shape index (κ1) is 21.9. The number of benzene rings is 2. The largest absolute Gasteiger partial charge is 0.394 e. The highest BCUT2D eigenvalue weighted by molar-refractivity contribution is 5.14. The molecule has 29 heavy (non-hydrogen) atoms. The number of aliphatic hydroxyl groups excluding tert-OH is 2. The molecular weight excluding hydrogens is 372 g/mol. The topological polar surface area (TPSA) is 77.4 Å². The molecule has 0 saturated carbocycles. The van der Waals surface area contributed by atoms with E-state index in [-0.39, 0.29) is 13.2 Å². The third-order valence-corrected chi connectivity index (χ3v) is 4.87. The van der Waals surface area contributed by atoms with Crippen molar-refractivity contribution in [3.63, 3.8) is 0 Å². The number of hydrogen-bond donors (Lipinski definition) is 2. The van der Waals surface area contributed by atoms with Gasteiger partial charge in [-0.25, -0.2) is 0 Å². The van der Waals surface area contributed by atoms with E-state index < -0.39 is 30.2 Å². The van der Waals surface area contributed by atoms with E-state index in [0.717, 1.165) is 11.1 Å². The second-order valence-corrected chi connectivity index (χ2v) is 7.60. The van der Waals surface area contributed by atoms with Crippen LogP contribution < -0.4 is 0 Å². The second kappa shape index (κ2) is 10.3. The monoisotopic (exact) mass is 402 g/mol. The lowest BCUT2D eigenvalue weighted by atomic mass is 10.0. The number of aliphatic hydroxyl groups is 2. The normalized spacial score (nSPS) is 23.0. The summed E-state index contributed by atoms with van der Waals surface area (Å²) in [7, 11) is 0. The molecule has 158 valence electrons. The van der Waals surface area contributed by atoms with E-state index in [0.29, 0.717) is 13.2 Å². The van der Waals surface area contributed by atoms with Gasteiger partial charge in [0.1, 0.15) is 24.4 Å². The summed E-state index contributed by atoms with van der Waals surface area (Å²) in [5.74, 6) is -0.873. The molecule has 1 heterocycles. The number of ether oxygens (including phenoxy) is 4. The molecule has 1 saturated heterocycles. The Morgan fingerprint density at radius 2 is 1.14 bits per heavy atom. The SMILES string of the molecule is CC1(C)O[C@@H]([C@H](CO)OCc2ccccc2)[C@H]([C@H](CO)OCc2ccccc2)O1. The molecular formula is C23H30O6. The van der Waals surface area contributed by atoms with Gasteiger partial charge in [-0.15, -0.1) is 0 Å². The summed E-state index contributed by atoms with van der Waals surface area (Å²) in [4.78, 5) is 0. The number of hydrogen-bond acceptors (Lipinski definition) is 6. The van der Waals surface area contributed by atoms with Crippen molar-refractivity contribution < 1.29 is 29.2 Å². The van der Waals surface area contributed by atoms with Gasteiger partial charge < -0.3 is 29.2 Å². The van der Waals surface area contributed by atoms with Crippen molar-refractivity contribution in [2.45, 2.75) is 57.3 Å². The Hall–Kier alpha value is -1.80. The Balaban J connectivity index is 1.68. The fraction of sp³-hybridized carbons (Fsp3) is 0.478. The lowest BCUT2D eigenvalue weighted by molar-refractivity contribution is -0.170. The van der Waals surface area contributed by atoms with Crippen LogP contribution >= 0.6 is 0 Å². The molecule has 4 atom stereocenters. The van der Waals surface area contributed by atoms with Crippen LogP contribution in [0.2, 0.25) is 0 Å². The second-order valence-electron chi connectivity index (χ2n) is 7.60. The summed E-state index contributed by atoms with van der Waals surface area (Å²) in [5.41, 5.74) is 2.00. The molecule has 6 heteroatoms. The van der Waals surface area contributed by atoms with Gasteiger partial charge in [0.2, 0.25) is 0 Å². The average molecular weight is 402 g/mol. The molecule has 2 N–H and O–H groups in total. The fourth-order valence-corrected chi connectivity index (χ4v) is 3.45. The fourth-order valence-electron chi connectivity index (χ4n) is 3.45. The zero-order chi connectivity index (χ0) is 20.7. The first-order chi connectivity index (χ1) is 14.0. The first-order valence-electron chi connectivity index (χ1n) is 9.91. The predicted molar refractivity (Wildman–Crippen MR) is 108 cm³/mol. The molecule has 0 aromatic heterocycles. The summed E-state index contributed by atoms with van der Waals surface area (Å²) in [6.07, 6.45) is -2.38. The molecule has 1 fully saturated rings. The third kappa shape index (κ3) is 6.09. The van der Waals surface area contributed by atoms with E-state index in [1.54, 1.807) is 13.8 Å². The standard InChI is InChI=1S/C23H30O6/c1-23(2)28-21(19(13-24)26-15-17-9-5-3-6-10-17)22(29-23)20(14-25)27-16-18-11-7-4-8-12-18/h3-12,19-22,24-25H,13-16H2,1-2H3/t19-,20-,21-,22-/m0/s1. The van der Waals surface area contributed by atoms with Crippen molar-refractivity contribution >= 4 is 0 Å². The van der Waals surface area contributed by atoms with Crippen LogP contribution in [-0.2, 0) is 32.2 Å². The molecule has 0 spiro atoms. The molecule has 0 amide bonds. The molecule has 0 unspecified atom stereocenters. The van der Waals surface area contributed by atoms with Gasteiger partial charge in [0, 0.05) is 0 Å².